The molecule has 1 heterocycles. The largest absolute Gasteiger partial charge is 0.392 e. The third kappa shape index (κ3) is 7.48. The predicted molar refractivity (Wildman–Crippen MR) is 185 cm³/mol. The fraction of sp³-hybridized carbons (Fsp3) is 0.525. The molecule has 2 amide bonds. The number of amides is 2. The van der Waals surface area contributed by atoms with Crippen LogP contribution in [0.3, 0.4) is 0 Å². The van der Waals surface area contributed by atoms with Gasteiger partial charge < -0.3 is 30.3 Å². The molecule has 0 unspecified atom stereocenters. The molecule has 48 heavy (non-hydrogen) atoms. The molecule has 4 aliphatic carbocycles. The normalized spacial score (nSPS) is 30.6. The van der Waals surface area contributed by atoms with E-state index in [2.05, 4.69) is 15.5 Å². The van der Waals surface area contributed by atoms with Gasteiger partial charge in [0.05, 0.1) is 24.9 Å². The predicted octanol–water partition coefficient (Wildman–Crippen LogP) is 6.55. The molecule has 256 valence electrons. The van der Waals surface area contributed by atoms with Crippen molar-refractivity contribution in [3.8, 4) is 0 Å². The van der Waals surface area contributed by atoms with E-state index in [1.807, 2.05) is 92.8 Å². The maximum atomic E-state index is 13.0. The number of aliphatic hydroxyl groups excluding tert-OH is 2. The molecule has 5 aliphatic rings. The highest BCUT2D eigenvalue weighted by molar-refractivity contribution is 5.75. The fourth-order valence-electron chi connectivity index (χ4n) is 9.21. The molecular formula is C40H51N3O5. The lowest BCUT2D eigenvalue weighted by molar-refractivity contribution is -0.253. The third-order valence-corrected chi connectivity index (χ3v) is 11.5. The molecule has 8 nitrogen and oxygen atoms in total. The molecule has 1 saturated heterocycles. The monoisotopic (exact) mass is 653 g/mol. The highest BCUT2D eigenvalue weighted by atomic mass is 16.7. The van der Waals surface area contributed by atoms with Gasteiger partial charge in [0.25, 0.3) is 0 Å². The van der Waals surface area contributed by atoms with E-state index in [0.29, 0.717) is 19.5 Å². The van der Waals surface area contributed by atoms with Gasteiger partial charge in [-0.05, 0) is 92.5 Å². The molecule has 1 aliphatic heterocycles. The summed E-state index contributed by atoms with van der Waals surface area (Å²) in [6.07, 6.45) is 6.61. The van der Waals surface area contributed by atoms with Crippen molar-refractivity contribution in [1.29, 1.82) is 0 Å². The van der Waals surface area contributed by atoms with Crippen LogP contribution in [0.5, 0.6) is 0 Å². The number of hydrogen-bond donors (Lipinski definition) is 4. The quantitative estimate of drug-likeness (QED) is 0.187. The summed E-state index contributed by atoms with van der Waals surface area (Å²) in [5, 5.41) is 27.2. The van der Waals surface area contributed by atoms with E-state index in [0.717, 1.165) is 64.8 Å². The van der Waals surface area contributed by atoms with E-state index in [1.165, 1.54) is 19.3 Å². The van der Waals surface area contributed by atoms with Crippen LogP contribution in [0.4, 0.5) is 4.79 Å². The number of nitrogens with zero attached hydrogens (tertiary/aromatic N) is 1. The number of ether oxygens (including phenoxy) is 2. The van der Waals surface area contributed by atoms with Crippen LogP contribution in [0, 0.1) is 17.8 Å². The van der Waals surface area contributed by atoms with E-state index in [1.54, 1.807) is 0 Å². The lowest BCUT2D eigenvalue weighted by Crippen LogP contribution is -2.61. The zero-order valence-electron chi connectivity index (χ0n) is 28.3. The van der Waals surface area contributed by atoms with Crippen LogP contribution in [0.25, 0.3) is 0 Å². The second kappa shape index (κ2) is 14.3. The summed E-state index contributed by atoms with van der Waals surface area (Å²) in [7, 11) is 2.02. The van der Waals surface area contributed by atoms with Gasteiger partial charge in [-0.2, -0.15) is 0 Å². The minimum absolute atomic E-state index is 0.00226. The summed E-state index contributed by atoms with van der Waals surface area (Å²) < 4.78 is 13.1. The Hall–Kier alpha value is -3.27. The molecule has 4 bridgehead atoms. The number of hydrogen-bond acceptors (Lipinski definition) is 6. The Labute approximate surface area is 284 Å². The van der Waals surface area contributed by atoms with Crippen LogP contribution >= 0.6 is 0 Å². The molecular weight excluding hydrogens is 602 g/mol. The molecule has 5 atom stereocenters. The summed E-state index contributed by atoms with van der Waals surface area (Å²) in [5.74, 6) is 2.37. The van der Waals surface area contributed by atoms with Gasteiger partial charge in [0.2, 0.25) is 0 Å². The zero-order valence-corrected chi connectivity index (χ0v) is 28.3. The van der Waals surface area contributed by atoms with Crippen LogP contribution < -0.4 is 10.6 Å². The minimum Gasteiger partial charge on any atom is -0.392 e. The average molecular weight is 654 g/mol. The summed E-state index contributed by atoms with van der Waals surface area (Å²) >= 11 is 0. The van der Waals surface area contributed by atoms with Gasteiger partial charge in [-0.25, -0.2) is 4.79 Å². The zero-order chi connectivity index (χ0) is 33.3. The number of likely N-dealkylation sites (N-methyl/N-ethyl adjacent to an activating group) is 1. The van der Waals surface area contributed by atoms with Crippen molar-refractivity contribution >= 4 is 6.03 Å². The molecule has 3 aromatic rings. The van der Waals surface area contributed by atoms with Crippen LogP contribution in [0.1, 0.15) is 98.2 Å². The number of aliphatic hydroxyl groups is 2. The second-order valence-corrected chi connectivity index (χ2v) is 15.1. The first-order chi connectivity index (χ1) is 23.3. The summed E-state index contributed by atoms with van der Waals surface area (Å²) in [6.45, 7) is 3.12. The van der Waals surface area contributed by atoms with Crippen molar-refractivity contribution in [3.63, 3.8) is 0 Å². The highest BCUT2D eigenvalue weighted by Gasteiger charge is 2.51. The number of carbonyl (C=O) groups excluding carboxylic acids is 1. The van der Waals surface area contributed by atoms with Gasteiger partial charge in [-0.15, -0.1) is 0 Å². The Morgan fingerprint density at radius 2 is 1.46 bits per heavy atom. The summed E-state index contributed by atoms with van der Waals surface area (Å²) in [6, 6.07) is 25.6. The SMILES string of the molecule is C[C@H]([C@@H](O)c1ccccc1)N(C)C[C@H]1C[C@@H](c2ccc(CO)cc2)O[C@@H](c2ccc(CNC(=O)NC34CC5CC(CC(C5)C3)C4)cc2)O1. The minimum atomic E-state index is -0.621. The number of nitrogens with one attached hydrogen (secondary N) is 2. The van der Waals surface area contributed by atoms with E-state index in [-0.39, 0.29) is 36.4 Å². The van der Waals surface area contributed by atoms with Crippen molar-refractivity contribution in [2.24, 2.45) is 17.8 Å². The van der Waals surface area contributed by atoms with Gasteiger partial charge in [0.1, 0.15) is 0 Å². The van der Waals surface area contributed by atoms with Crippen molar-refractivity contribution in [2.45, 2.75) is 101 Å². The van der Waals surface area contributed by atoms with Crippen LogP contribution in [0.2, 0.25) is 0 Å². The first kappa shape index (κ1) is 33.2. The molecule has 8 heteroatoms. The molecule has 4 saturated carbocycles. The van der Waals surface area contributed by atoms with Gasteiger partial charge in [-0.3, -0.25) is 4.90 Å². The molecule has 0 radical (unpaired) electrons. The Morgan fingerprint density at radius 3 is 2.08 bits per heavy atom. The van der Waals surface area contributed by atoms with Gasteiger partial charge in [-0.1, -0.05) is 78.9 Å². The van der Waals surface area contributed by atoms with Crippen molar-refractivity contribution < 1.29 is 24.5 Å². The van der Waals surface area contributed by atoms with Gasteiger partial charge in [0, 0.05) is 36.7 Å². The number of benzene rings is 3. The summed E-state index contributed by atoms with van der Waals surface area (Å²) in [5.41, 5.74) is 4.72. The first-order valence-electron chi connectivity index (χ1n) is 17.8. The Balaban J connectivity index is 0.993. The van der Waals surface area contributed by atoms with Crippen LogP contribution in [0.15, 0.2) is 78.9 Å². The van der Waals surface area contributed by atoms with E-state index in [9.17, 15) is 15.0 Å². The van der Waals surface area contributed by atoms with E-state index >= 15 is 0 Å². The molecule has 4 N–H and O–H groups in total. The maximum Gasteiger partial charge on any atom is 0.315 e. The van der Waals surface area contributed by atoms with Crippen molar-refractivity contribution in [2.75, 3.05) is 13.6 Å². The lowest BCUT2D eigenvalue weighted by Gasteiger charge is -2.56. The average Bonchev–Trinajstić information content (AvgIpc) is 3.10. The van der Waals surface area contributed by atoms with E-state index in [4.69, 9.17) is 9.47 Å². The smallest absolute Gasteiger partial charge is 0.315 e. The Kier molecular flexibility index (Phi) is 9.90. The Bertz CT molecular complexity index is 1480. The summed E-state index contributed by atoms with van der Waals surface area (Å²) in [4.78, 5) is 15.2. The van der Waals surface area contributed by atoms with Crippen molar-refractivity contribution in [3.05, 3.63) is 107 Å². The molecule has 5 fully saturated rings. The maximum absolute atomic E-state index is 13.0. The fourth-order valence-corrected chi connectivity index (χ4v) is 9.21. The van der Waals surface area contributed by atoms with Crippen LogP contribution in [-0.4, -0.2) is 52.4 Å². The van der Waals surface area contributed by atoms with Gasteiger partial charge >= 0.3 is 6.03 Å². The molecule has 0 spiro atoms. The molecule has 3 aromatic carbocycles. The number of urea groups is 1. The highest BCUT2D eigenvalue weighted by Crippen LogP contribution is 2.55. The van der Waals surface area contributed by atoms with E-state index < -0.39 is 12.4 Å². The van der Waals surface area contributed by atoms with Crippen molar-refractivity contribution in [1.82, 2.24) is 15.5 Å². The second-order valence-electron chi connectivity index (χ2n) is 15.1. The topological polar surface area (TPSA) is 103 Å². The Morgan fingerprint density at radius 1 is 0.854 bits per heavy atom. The standard InChI is InChI=1S/C40H51N3O5/c1-26(37(45)33-6-4-3-5-7-33)43(2)24-35-19-36(32-12-10-28(25-44)11-13-32)48-38(47-35)34-14-8-27(9-15-34)23-41-39(46)42-40-20-29-16-30(21-40)18-31(17-29)22-40/h3-15,26,29-31,35-38,44-45H,16-25H2,1-2H3,(H2,41,42,46)/t26-,29?,30?,31?,35-,36+,37-,38+,40?/m1/s1. The first-order valence-corrected chi connectivity index (χ1v) is 17.8. The molecule has 0 aromatic heterocycles. The lowest BCUT2D eigenvalue weighted by atomic mass is 9.53. The molecule has 8 rings (SSSR count). The van der Waals surface area contributed by atoms with Gasteiger partial charge in [0.15, 0.2) is 6.29 Å². The third-order valence-electron chi connectivity index (χ3n) is 11.5. The number of rotatable bonds is 11. The van der Waals surface area contributed by atoms with Crippen LogP contribution in [-0.2, 0) is 22.6 Å². The number of carbonyl (C=O) groups is 1.